The van der Waals surface area contributed by atoms with Gasteiger partial charge in [-0.05, 0) is 25.2 Å². The van der Waals surface area contributed by atoms with E-state index in [2.05, 4.69) is 11.7 Å². The molecule has 2 heterocycles. The number of nitrogens with zero attached hydrogens (tertiary/aromatic N) is 1. The van der Waals surface area contributed by atoms with Gasteiger partial charge in [-0.1, -0.05) is 32.6 Å². The maximum atomic E-state index is 12.9. The van der Waals surface area contributed by atoms with Crippen LogP contribution in [0.2, 0.25) is 0 Å². The minimum Gasteiger partial charge on any atom is -0.415 e. The molecule has 1 aliphatic carbocycles. The first-order valence-electron chi connectivity index (χ1n) is 7.92. The molecule has 4 atom stereocenters. The van der Waals surface area contributed by atoms with Crippen molar-refractivity contribution in [1.82, 2.24) is 4.31 Å². The van der Waals surface area contributed by atoms with Gasteiger partial charge in [0.05, 0.1) is 5.25 Å². The highest BCUT2D eigenvalue weighted by Gasteiger charge is 2.57. The Kier molecular flexibility index (Phi) is 4.10. The minimum absolute atomic E-state index is 0.0136. The zero-order valence-electron chi connectivity index (χ0n) is 12.1. The average molecular weight is 304 g/mol. The number of hydrogen-bond donors (Lipinski definition) is 1. The normalized spacial score (nSPS) is 40.1. The molecule has 0 unspecified atom stereocenters. The lowest BCUT2D eigenvalue weighted by atomic mass is 9.88. The molecule has 6 heteroatoms. The number of hydrogen-bond acceptors (Lipinski definition) is 3. The number of aliphatic hydroxyl groups excluding tert-OH is 1. The summed E-state index contributed by atoms with van der Waals surface area (Å²) < 4.78 is 31.8. The zero-order valence-corrected chi connectivity index (χ0v) is 12.9. The smallest absolute Gasteiger partial charge is 0.254 e. The van der Waals surface area contributed by atoms with Crippen molar-refractivity contribution in [2.45, 2.75) is 75.5 Å². The third-order valence-electron chi connectivity index (χ3n) is 5.28. The Labute approximate surface area is 121 Å². The van der Waals surface area contributed by atoms with E-state index in [1.165, 1.54) is 0 Å². The first-order valence-corrected chi connectivity index (χ1v) is 9.43. The second-order valence-corrected chi connectivity index (χ2v) is 8.58. The first kappa shape index (κ1) is 14.8. The molecule has 116 valence electrons. The van der Waals surface area contributed by atoms with Crippen LogP contribution in [-0.4, -0.2) is 52.8 Å². The van der Waals surface area contributed by atoms with Gasteiger partial charge in [0.1, 0.15) is 12.1 Å². The van der Waals surface area contributed by atoms with Crippen molar-refractivity contribution in [2.24, 2.45) is 5.92 Å². The van der Waals surface area contributed by atoms with Gasteiger partial charge in [-0.2, -0.15) is 0 Å². The van der Waals surface area contributed by atoms with Gasteiger partial charge in [-0.25, -0.2) is 8.42 Å². The second-order valence-electron chi connectivity index (χ2n) is 6.46. The van der Waals surface area contributed by atoms with E-state index in [9.17, 15) is 13.5 Å². The highest BCUT2D eigenvalue weighted by atomic mass is 32.2. The van der Waals surface area contributed by atoms with Crippen LogP contribution in [-0.2, 0) is 10.0 Å². The molecule has 0 amide bonds. The molecule has 2 bridgehead atoms. The molecule has 0 aromatic carbocycles. The molecule has 3 fully saturated rings. The van der Waals surface area contributed by atoms with Gasteiger partial charge in [-0.3, -0.25) is 0 Å². The maximum Gasteiger partial charge on any atom is 0.254 e. The molecule has 20 heavy (non-hydrogen) atoms. The molecule has 2 N–H and O–H groups in total. The monoisotopic (exact) mass is 304 g/mol. The van der Waals surface area contributed by atoms with Crippen LogP contribution in [0.1, 0.15) is 51.9 Å². The summed E-state index contributed by atoms with van der Waals surface area (Å²) in [7, 11) is -3.31. The molecule has 0 aromatic rings. The number of rotatable bonds is 3. The molecule has 2 saturated heterocycles. The molecule has 0 radical (unpaired) electrons. The van der Waals surface area contributed by atoms with Crippen LogP contribution in [0.3, 0.4) is 0 Å². The van der Waals surface area contributed by atoms with Crippen molar-refractivity contribution in [3.8, 4) is 0 Å². The van der Waals surface area contributed by atoms with E-state index >= 15 is 0 Å². The Bertz CT molecular complexity index is 446. The summed E-state index contributed by atoms with van der Waals surface area (Å²) >= 11 is 0. The number of aliphatic hydroxyl groups is 3. The van der Waals surface area contributed by atoms with Crippen molar-refractivity contribution in [2.75, 3.05) is 6.61 Å². The summed E-state index contributed by atoms with van der Waals surface area (Å²) in [5.41, 5.74) is 0. The van der Waals surface area contributed by atoms with Crippen molar-refractivity contribution in [3.05, 3.63) is 0 Å². The molecular weight excluding hydrogens is 278 g/mol. The van der Waals surface area contributed by atoms with E-state index in [0.717, 1.165) is 44.9 Å². The predicted octanol–water partition coefficient (Wildman–Crippen LogP) is 0.978. The van der Waals surface area contributed by atoms with E-state index < -0.39 is 22.4 Å². The lowest BCUT2D eigenvalue weighted by Gasteiger charge is -2.38. The Morgan fingerprint density at radius 3 is 2.60 bits per heavy atom. The Morgan fingerprint density at radius 2 is 1.95 bits per heavy atom. The lowest BCUT2D eigenvalue weighted by molar-refractivity contribution is -0.159. The predicted molar refractivity (Wildman–Crippen MR) is 76.7 cm³/mol. The molecule has 5 nitrogen and oxygen atoms in total. The van der Waals surface area contributed by atoms with Crippen molar-refractivity contribution in [3.63, 3.8) is 0 Å². The van der Waals surface area contributed by atoms with Gasteiger partial charge < -0.3 is 9.84 Å². The molecule has 0 aromatic heterocycles. The molecular formula is C14H26NO4S+. The summed E-state index contributed by atoms with van der Waals surface area (Å²) in [6, 6.07) is -0.0136. The number of piperidine rings is 1. The third kappa shape index (κ3) is 2.30. The largest absolute Gasteiger partial charge is 0.415 e. The number of fused-ring (bicyclic) bond motifs is 2. The Balaban J connectivity index is 1.83. The number of sulfonamides is 1. The van der Waals surface area contributed by atoms with Crippen molar-refractivity contribution < 1.29 is 18.3 Å². The SMILES string of the molecule is CC[C@@H]1C[C@H]2C[OH+][C@@H]([C@H]1O)N2S(=O)(=O)C1CCCCC1. The Hall–Kier alpha value is -0.170. The maximum absolute atomic E-state index is 12.9. The van der Waals surface area contributed by atoms with E-state index in [1.54, 1.807) is 4.31 Å². The fourth-order valence-corrected chi connectivity index (χ4v) is 6.41. The summed E-state index contributed by atoms with van der Waals surface area (Å²) in [5, 5.41) is 10.1. The topological polar surface area (TPSA) is 70.4 Å². The fraction of sp³-hybridized carbons (Fsp3) is 1.00. The minimum atomic E-state index is -3.31. The Morgan fingerprint density at radius 1 is 1.25 bits per heavy atom. The summed E-state index contributed by atoms with van der Waals surface area (Å²) in [6.45, 7) is 2.61. The lowest BCUT2D eigenvalue weighted by Crippen LogP contribution is -2.57. The van der Waals surface area contributed by atoms with Crippen LogP contribution < -0.4 is 0 Å². The van der Waals surface area contributed by atoms with Gasteiger partial charge in [0.2, 0.25) is 10.0 Å². The zero-order chi connectivity index (χ0) is 14.3. The van der Waals surface area contributed by atoms with E-state index in [0.29, 0.717) is 6.61 Å². The van der Waals surface area contributed by atoms with Gasteiger partial charge in [0.25, 0.3) is 6.23 Å². The van der Waals surface area contributed by atoms with E-state index in [-0.39, 0.29) is 17.2 Å². The molecule has 3 aliphatic rings. The standard InChI is InChI=1S/C14H25NO4S/c1-2-10-8-11-9-19-14(13(10)16)15(11)20(17,18)12-6-4-3-5-7-12/h10-14,16H,2-9H2,1H3/p+1/t10-,11+,13+,14+/m1/s1. The molecule has 2 aliphatic heterocycles. The van der Waals surface area contributed by atoms with Gasteiger partial charge in [-0.15, -0.1) is 4.31 Å². The van der Waals surface area contributed by atoms with Crippen LogP contribution in [0.15, 0.2) is 0 Å². The highest BCUT2D eigenvalue weighted by Crippen LogP contribution is 2.39. The summed E-state index contributed by atoms with van der Waals surface area (Å²) in [4.78, 5) is 0. The van der Waals surface area contributed by atoms with Gasteiger partial charge in [0.15, 0.2) is 6.61 Å². The van der Waals surface area contributed by atoms with Crippen molar-refractivity contribution in [1.29, 1.82) is 0 Å². The van der Waals surface area contributed by atoms with E-state index in [4.69, 9.17) is 0 Å². The highest BCUT2D eigenvalue weighted by molar-refractivity contribution is 7.89. The third-order valence-corrected chi connectivity index (χ3v) is 7.69. The quantitative estimate of drug-likeness (QED) is 0.790. The molecule has 1 saturated carbocycles. The van der Waals surface area contributed by atoms with Crippen molar-refractivity contribution >= 4 is 10.0 Å². The van der Waals surface area contributed by atoms with Crippen LogP contribution >= 0.6 is 0 Å². The second kappa shape index (κ2) is 5.55. The molecule has 0 spiro atoms. The summed E-state index contributed by atoms with van der Waals surface area (Å²) in [6.07, 6.45) is 5.18. The van der Waals surface area contributed by atoms with E-state index in [1.807, 2.05) is 0 Å². The summed E-state index contributed by atoms with van der Waals surface area (Å²) in [5.74, 6) is 0.189. The van der Waals surface area contributed by atoms with Crippen LogP contribution in [0.25, 0.3) is 0 Å². The fourth-order valence-electron chi connectivity index (χ4n) is 4.08. The van der Waals surface area contributed by atoms with Crippen LogP contribution in [0.4, 0.5) is 0 Å². The van der Waals surface area contributed by atoms with Gasteiger partial charge in [0, 0.05) is 0 Å². The van der Waals surface area contributed by atoms with Crippen LogP contribution in [0.5, 0.6) is 0 Å². The first-order chi connectivity index (χ1) is 9.55. The molecule has 3 rings (SSSR count). The number of ether oxygens (including phenoxy) is 1. The van der Waals surface area contributed by atoms with Crippen LogP contribution in [0, 0.1) is 5.92 Å². The van der Waals surface area contributed by atoms with Gasteiger partial charge >= 0.3 is 0 Å². The average Bonchev–Trinajstić information content (AvgIpc) is 2.82.